The van der Waals surface area contributed by atoms with Crippen LogP contribution in [0.15, 0.2) is 29.3 Å². The first kappa shape index (κ1) is 22.8. The Morgan fingerprint density at radius 1 is 1.30 bits per heavy atom. The zero-order valence-corrected chi connectivity index (χ0v) is 17.3. The Labute approximate surface area is 175 Å². The van der Waals surface area contributed by atoms with Crippen LogP contribution in [-0.2, 0) is 20.4 Å². The highest BCUT2D eigenvalue weighted by Crippen LogP contribution is 2.32. The zero-order chi connectivity index (χ0) is 21.4. The summed E-state index contributed by atoms with van der Waals surface area (Å²) in [6, 6.07) is 5.33. The van der Waals surface area contributed by atoms with Gasteiger partial charge < -0.3 is 24.4 Å². The summed E-state index contributed by atoms with van der Waals surface area (Å²) >= 11 is 0. The molecule has 1 aromatic rings. The van der Waals surface area contributed by atoms with Gasteiger partial charge in [0.2, 0.25) is 0 Å². The number of alkyl halides is 3. The van der Waals surface area contributed by atoms with Crippen molar-refractivity contribution in [3.63, 3.8) is 0 Å². The molecule has 2 atom stereocenters. The third kappa shape index (κ3) is 6.58. The zero-order valence-electron chi connectivity index (χ0n) is 17.3. The molecule has 2 aliphatic heterocycles. The molecule has 6 nitrogen and oxygen atoms in total. The van der Waals surface area contributed by atoms with E-state index >= 15 is 0 Å². The summed E-state index contributed by atoms with van der Waals surface area (Å²) in [5, 5.41) is 3.25. The minimum atomic E-state index is -4.37. The molecule has 2 heterocycles. The molecular weight excluding hydrogens is 399 g/mol. The van der Waals surface area contributed by atoms with Gasteiger partial charge in [-0.2, -0.15) is 13.2 Å². The summed E-state index contributed by atoms with van der Waals surface area (Å²) in [4.78, 5) is 6.64. The smallest absolute Gasteiger partial charge is 0.377 e. The van der Waals surface area contributed by atoms with Crippen LogP contribution >= 0.6 is 0 Å². The minimum Gasteiger partial charge on any atom is -0.377 e. The lowest BCUT2D eigenvalue weighted by Crippen LogP contribution is -2.48. The van der Waals surface area contributed by atoms with Gasteiger partial charge in [-0.15, -0.1) is 0 Å². The van der Waals surface area contributed by atoms with E-state index in [0.29, 0.717) is 51.6 Å². The maximum atomic E-state index is 13.0. The first-order chi connectivity index (χ1) is 14.5. The maximum Gasteiger partial charge on any atom is 0.416 e. The van der Waals surface area contributed by atoms with Crippen LogP contribution in [0.3, 0.4) is 0 Å². The van der Waals surface area contributed by atoms with Crippen LogP contribution in [0.25, 0.3) is 0 Å². The van der Waals surface area contributed by atoms with Crippen molar-refractivity contribution in [3.05, 3.63) is 35.4 Å². The van der Waals surface area contributed by atoms with Gasteiger partial charge in [0.15, 0.2) is 5.96 Å². The van der Waals surface area contributed by atoms with Crippen LogP contribution in [0.4, 0.5) is 13.2 Å². The SMILES string of the molecule is CCNC(=NCCOCC1CCCO1)N1CCOC(c2cccc(C(F)(F)F)c2)C1. The fourth-order valence-electron chi connectivity index (χ4n) is 3.59. The van der Waals surface area contributed by atoms with E-state index in [4.69, 9.17) is 14.2 Å². The summed E-state index contributed by atoms with van der Waals surface area (Å²) in [6.45, 7) is 6.54. The Morgan fingerprint density at radius 2 is 2.17 bits per heavy atom. The van der Waals surface area contributed by atoms with Crippen LogP contribution in [0.5, 0.6) is 0 Å². The molecule has 2 saturated heterocycles. The number of nitrogens with zero attached hydrogens (tertiary/aromatic N) is 2. The van der Waals surface area contributed by atoms with Crippen LogP contribution in [-0.4, -0.2) is 69.6 Å². The molecular formula is C21H30F3N3O3. The molecule has 0 amide bonds. The van der Waals surface area contributed by atoms with Gasteiger partial charge in [-0.1, -0.05) is 12.1 Å². The largest absolute Gasteiger partial charge is 0.416 e. The highest BCUT2D eigenvalue weighted by molar-refractivity contribution is 5.80. The number of hydrogen-bond donors (Lipinski definition) is 1. The predicted molar refractivity (Wildman–Crippen MR) is 107 cm³/mol. The Bertz CT molecular complexity index is 694. The second-order valence-corrected chi connectivity index (χ2v) is 7.37. The van der Waals surface area contributed by atoms with Crippen molar-refractivity contribution in [3.8, 4) is 0 Å². The van der Waals surface area contributed by atoms with Crippen molar-refractivity contribution < 1.29 is 27.4 Å². The number of rotatable bonds is 7. The third-order valence-electron chi connectivity index (χ3n) is 5.11. The van der Waals surface area contributed by atoms with Crippen LogP contribution in [0.1, 0.15) is 37.0 Å². The molecule has 2 fully saturated rings. The highest BCUT2D eigenvalue weighted by atomic mass is 19.4. The topological polar surface area (TPSA) is 55.3 Å². The Kier molecular flexibility index (Phi) is 8.35. The lowest BCUT2D eigenvalue weighted by molar-refractivity contribution is -0.137. The molecule has 0 bridgehead atoms. The number of morpholine rings is 1. The standard InChI is InChI=1S/C21H30F3N3O3/c1-2-25-20(26-8-11-28-15-18-7-4-10-29-18)27-9-12-30-19(14-27)16-5-3-6-17(13-16)21(22,23)24/h3,5-6,13,18-19H,2,4,7-12,14-15H2,1H3,(H,25,26). The van der Waals surface area contributed by atoms with Crippen molar-refractivity contribution in [1.29, 1.82) is 0 Å². The molecule has 2 unspecified atom stereocenters. The van der Waals surface area contributed by atoms with Crippen molar-refractivity contribution in [2.45, 2.75) is 38.1 Å². The molecule has 9 heteroatoms. The monoisotopic (exact) mass is 429 g/mol. The number of hydrogen-bond acceptors (Lipinski definition) is 4. The predicted octanol–water partition coefficient (Wildman–Crippen LogP) is 3.24. The van der Waals surface area contributed by atoms with Gasteiger partial charge in [-0.3, -0.25) is 4.99 Å². The van der Waals surface area contributed by atoms with Gasteiger partial charge in [-0.25, -0.2) is 0 Å². The Morgan fingerprint density at radius 3 is 2.90 bits per heavy atom. The molecule has 0 radical (unpaired) electrons. The van der Waals surface area contributed by atoms with Gasteiger partial charge >= 0.3 is 6.18 Å². The first-order valence-corrected chi connectivity index (χ1v) is 10.5. The molecule has 0 aliphatic carbocycles. The normalized spacial score (nSPS) is 23.1. The van der Waals surface area contributed by atoms with Crippen molar-refractivity contribution >= 4 is 5.96 Å². The summed E-state index contributed by atoms with van der Waals surface area (Å²) in [6.07, 6.45) is -2.50. The molecule has 30 heavy (non-hydrogen) atoms. The third-order valence-corrected chi connectivity index (χ3v) is 5.11. The van der Waals surface area contributed by atoms with E-state index in [2.05, 4.69) is 10.3 Å². The molecule has 0 spiro atoms. The van der Waals surface area contributed by atoms with E-state index in [0.717, 1.165) is 37.5 Å². The number of aliphatic imine (C=N–C) groups is 1. The van der Waals surface area contributed by atoms with E-state index in [-0.39, 0.29) is 6.10 Å². The molecule has 0 saturated carbocycles. The molecule has 0 aromatic heterocycles. The fourth-order valence-corrected chi connectivity index (χ4v) is 3.59. The number of nitrogens with one attached hydrogen (secondary N) is 1. The van der Waals surface area contributed by atoms with Crippen LogP contribution in [0.2, 0.25) is 0 Å². The fraction of sp³-hybridized carbons (Fsp3) is 0.667. The quantitative estimate of drug-likeness (QED) is 0.410. The first-order valence-electron chi connectivity index (χ1n) is 10.5. The summed E-state index contributed by atoms with van der Waals surface area (Å²) in [5.74, 6) is 0.721. The number of ether oxygens (including phenoxy) is 3. The number of halogens is 3. The summed E-state index contributed by atoms with van der Waals surface area (Å²) in [7, 11) is 0. The van der Waals surface area contributed by atoms with Crippen molar-refractivity contribution in [2.75, 3.05) is 52.6 Å². The summed E-state index contributed by atoms with van der Waals surface area (Å²) < 4.78 is 56.1. The van der Waals surface area contributed by atoms with Gasteiger partial charge in [-0.05, 0) is 37.5 Å². The number of benzene rings is 1. The molecule has 1 N–H and O–H groups in total. The van der Waals surface area contributed by atoms with E-state index in [9.17, 15) is 13.2 Å². The van der Waals surface area contributed by atoms with Crippen molar-refractivity contribution in [2.24, 2.45) is 4.99 Å². The minimum absolute atomic E-state index is 0.190. The molecule has 168 valence electrons. The van der Waals surface area contributed by atoms with Gasteiger partial charge in [0, 0.05) is 19.7 Å². The second-order valence-electron chi connectivity index (χ2n) is 7.37. The Hall–Kier alpha value is -1.84. The van der Waals surface area contributed by atoms with Gasteiger partial charge in [0.25, 0.3) is 0 Å². The Balaban J connectivity index is 1.56. The van der Waals surface area contributed by atoms with E-state index in [1.165, 1.54) is 6.07 Å². The number of guanidine groups is 1. The average Bonchev–Trinajstić information content (AvgIpc) is 3.26. The van der Waals surface area contributed by atoms with Gasteiger partial charge in [0.05, 0.1) is 44.6 Å². The van der Waals surface area contributed by atoms with Gasteiger partial charge in [0.1, 0.15) is 6.10 Å². The molecule has 3 rings (SSSR count). The average molecular weight is 429 g/mol. The van der Waals surface area contributed by atoms with E-state index in [1.807, 2.05) is 11.8 Å². The second kappa shape index (κ2) is 11.0. The lowest BCUT2D eigenvalue weighted by atomic mass is 10.0. The molecule has 2 aliphatic rings. The van der Waals surface area contributed by atoms with E-state index in [1.54, 1.807) is 6.07 Å². The highest BCUT2D eigenvalue weighted by Gasteiger charge is 2.32. The van der Waals surface area contributed by atoms with Crippen molar-refractivity contribution in [1.82, 2.24) is 10.2 Å². The maximum absolute atomic E-state index is 13.0. The van der Waals surface area contributed by atoms with Crippen LogP contribution < -0.4 is 5.32 Å². The molecule has 1 aromatic carbocycles. The lowest BCUT2D eigenvalue weighted by Gasteiger charge is -2.35. The van der Waals surface area contributed by atoms with Crippen LogP contribution in [0, 0.1) is 0 Å². The summed E-state index contributed by atoms with van der Waals surface area (Å²) in [5.41, 5.74) is -0.144. The van der Waals surface area contributed by atoms with E-state index < -0.39 is 17.8 Å².